The molecule has 3 saturated heterocycles. The summed E-state index contributed by atoms with van der Waals surface area (Å²) in [7, 11) is -9.89. The zero-order valence-corrected chi connectivity index (χ0v) is 29.4. The van der Waals surface area contributed by atoms with E-state index in [1.54, 1.807) is 13.8 Å². The number of fused-ring (bicyclic) bond motifs is 3. The van der Waals surface area contributed by atoms with E-state index in [1.807, 2.05) is 0 Å². The van der Waals surface area contributed by atoms with E-state index >= 15 is 0 Å². The van der Waals surface area contributed by atoms with Gasteiger partial charge in [0.1, 0.15) is 41.4 Å². The Morgan fingerprint density at radius 3 is 2.25 bits per heavy atom. The van der Waals surface area contributed by atoms with Crippen molar-refractivity contribution in [3.63, 3.8) is 0 Å². The molecule has 4 aliphatic rings. The van der Waals surface area contributed by atoms with Crippen LogP contribution in [0, 0.1) is 5.41 Å². The van der Waals surface area contributed by atoms with E-state index in [1.165, 1.54) is 55.3 Å². The molecule has 3 aliphatic heterocycles. The number of aliphatic hydroxyl groups excluding tert-OH is 2. The third-order valence-corrected chi connectivity index (χ3v) is 13.0. The quantitative estimate of drug-likeness (QED) is 0.108. The molecule has 2 unspecified atom stereocenters. The molecule has 0 spiro atoms. The molecule has 5 heterocycles. The lowest BCUT2D eigenvalue weighted by molar-refractivity contribution is -0.257. The lowest BCUT2D eigenvalue weighted by Gasteiger charge is -2.32. The fourth-order valence-electron chi connectivity index (χ4n) is 7.92. The first-order chi connectivity index (χ1) is 23.5. The van der Waals surface area contributed by atoms with E-state index in [9.17, 15) is 49.1 Å². The summed E-state index contributed by atoms with van der Waals surface area (Å²) < 4.78 is 55.6. The van der Waals surface area contributed by atoms with Gasteiger partial charge in [-0.1, -0.05) is 26.0 Å². The first-order valence-electron chi connectivity index (χ1n) is 15.8. The van der Waals surface area contributed by atoms with Crippen LogP contribution in [0.4, 0.5) is 5.82 Å². The Morgan fingerprint density at radius 1 is 0.961 bits per heavy atom. The maximum absolute atomic E-state index is 13.2. The highest BCUT2D eigenvalue weighted by molar-refractivity contribution is 7.60. The van der Waals surface area contributed by atoms with E-state index in [2.05, 4.69) is 15.0 Å². The van der Waals surface area contributed by atoms with Crippen LogP contribution in [0.1, 0.15) is 45.9 Å². The van der Waals surface area contributed by atoms with Gasteiger partial charge in [-0.2, -0.15) is 0 Å². The SMILES string of the molecule is CC1(C)O[C@@H]2[C@@H](C(O)CC(O)[C@H]3O[C@@H](n4cnc5c(N)ncnc54)[C@@]4(O)C(C)(C)[C@@]34O)O[C@@H](OCc3ccc(P(=O)(O)O)cc3)[C@]2(P(=O)(O)O)O1. The van der Waals surface area contributed by atoms with Crippen LogP contribution in [0.2, 0.25) is 0 Å². The van der Waals surface area contributed by atoms with E-state index in [4.69, 9.17) is 29.4 Å². The van der Waals surface area contributed by atoms with Crippen LogP contribution in [0.25, 0.3) is 11.2 Å². The maximum atomic E-state index is 13.2. The van der Waals surface area contributed by atoms with Gasteiger partial charge < -0.3 is 69.4 Å². The average Bonchev–Trinajstić information content (AvgIpc) is 3.61. The number of anilines is 1. The maximum Gasteiger partial charge on any atom is 0.365 e. The van der Waals surface area contributed by atoms with Crippen molar-refractivity contribution in [2.75, 3.05) is 5.73 Å². The molecule has 0 radical (unpaired) electrons. The third-order valence-electron chi connectivity index (χ3n) is 10.6. The number of imidazole rings is 1. The molecule has 10 N–H and O–H groups in total. The van der Waals surface area contributed by atoms with Gasteiger partial charge in [0.15, 0.2) is 23.5 Å². The highest BCUT2D eigenvalue weighted by Gasteiger charge is 2.93. The zero-order valence-electron chi connectivity index (χ0n) is 27.6. The van der Waals surface area contributed by atoms with Crippen molar-refractivity contribution in [3.8, 4) is 0 Å². The summed E-state index contributed by atoms with van der Waals surface area (Å²) in [5.41, 5.74) is 1.40. The lowest BCUT2D eigenvalue weighted by Crippen LogP contribution is -2.49. The monoisotopic (exact) mass is 759 g/mol. The predicted molar refractivity (Wildman–Crippen MR) is 170 cm³/mol. The number of hydrogen-bond acceptors (Lipinski definition) is 15. The Hall–Kier alpha value is -2.49. The molecule has 2 aromatic heterocycles. The molecule has 7 rings (SSSR count). The Bertz CT molecular complexity index is 1950. The van der Waals surface area contributed by atoms with Gasteiger partial charge in [-0.05, 0) is 31.5 Å². The molecule has 1 aromatic carbocycles. The molecular formula is C29H39N5O15P2. The summed E-state index contributed by atoms with van der Waals surface area (Å²) in [4.78, 5) is 52.4. The molecule has 22 heteroatoms. The van der Waals surface area contributed by atoms with Gasteiger partial charge in [0.2, 0.25) is 6.29 Å². The zero-order chi connectivity index (χ0) is 37.3. The van der Waals surface area contributed by atoms with Crippen LogP contribution in [0.5, 0.6) is 0 Å². The van der Waals surface area contributed by atoms with Gasteiger partial charge in [-0.3, -0.25) is 13.7 Å². The summed E-state index contributed by atoms with van der Waals surface area (Å²) in [5.74, 6) is -1.54. The molecular weight excluding hydrogens is 720 g/mol. The van der Waals surface area contributed by atoms with E-state index in [0.717, 1.165) is 0 Å². The molecule has 1 saturated carbocycles. The van der Waals surface area contributed by atoms with Gasteiger partial charge in [0.05, 0.1) is 30.4 Å². The van der Waals surface area contributed by atoms with Crippen LogP contribution >= 0.6 is 15.2 Å². The molecule has 10 atom stereocenters. The first-order valence-corrected chi connectivity index (χ1v) is 19.0. The summed E-state index contributed by atoms with van der Waals surface area (Å²) in [6.45, 7) is 5.57. The Labute approximate surface area is 289 Å². The van der Waals surface area contributed by atoms with Crippen LogP contribution < -0.4 is 11.0 Å². The van der Waals surface area contributed by atoms with Crippen LogP contribution in [-0.2, 0) is 39.4 Å². The van der Waals surface area contributed by atoms with Crippen LogP contribution in [0.3, 0.4) is 0 Å². The van der Waals surface area contributed by atoms with Crippen molar-refractivity contribution in [1.29, 1.82) is 0 Å². The smallest absolute Gasteiger partial charge is 0.365 e. The normalized spacial score (nSPS) is 36.6. The number of rotatable bonds is 10. The van der Waals surface area contributed by atoms with Crippen molar-refractivity contribution >= 4 is 37.5 Å². The largest absolute Gasteiger partial charge is 0.390 e. The molecule has 51 heavy (non-hydrogen) atoms. The third kappa shape index (κ3) is 5.13. The van der Waals surface area contributed by atoms with Crippen molar-refractivity contribution in [2.45, 2.75) is 106 Å². The van der Waals surface area contributed by atoms with Crippen LogP contribution in [0.15, 0.2) is 36.9 Å². The van der Waals surface area contributed by atoms with Gasteiger partial charge >= 0.3 is 15.2 Å². The second kappa shape index (κ2) is 11.5. The molecule has 280 valence electrons. The number of hydrogen-bond donors (Lipinski definition) is 9. The van der Waals surface area contributed by atoms with Crippen molar-refractivity contribution < 1.29 is 72.8 Å². The van der Waals surface area contributed by atoms with Crippen LogP contribution in [-0.4, -0.2) is 119 Å². The standard InChI is InChI=1S/C29H39N5O15P2/c1-25(2)28(37)19(47-23(29(25,28)38)34-12-33-17-21(30)31-11-32-22(17)34)16(36)9-15(35)18-20-27(51(42,43)44,49-26(3,4)48-20)24(46-18)45-10-13-5-7-14(8-6-13)50(39,40)41/h5-8,11-12,15-16,18-20,23-24,35-38H,9-10H2,1-4H3,(H2,30,31,32)(H2,39,40,41)(H2,42,43,44)/t15?,16?,18-,19-,20-,23-,24-,27+,28+,29-/m1/s1. The number of aliphatic hydroxyl groups is 4. The first kappa shape index (κ1) is 36.9. The highest BCUT2D eigenvalue weighted by Crippen LogP contribution is 2.76. The minimum absolute atomic E-state index is 0.0677. The molecule has 1 aliphatic carbocycles. The fourth-order valence-corrected chi connectivity index (χ4v) is 9.74. The van der Waals surface area contributed by atoms with Crippen molar-refractivity contribution in [1.82, 2.24) is 19.5 Å². The number of nitrogen functional groups attached to an aromatic ring is 1. The molecule has 0 bridgehead atoms. The summed E-state index contributed by atoms with van der Waals surface area (Å²) >= 11 is 0. The van der Waals surface area contributed by atoms with Gasteiger partial charge in [-0.15, -0.1) is 0 Å². The summed E-state index contributed by atoms with van der Waals surface area (Å²) in [5, 5.41) is 43.9. The lowest BCUT2D eigenvalue weighted by atomic mass is 9.92. The average molecular weight is 760 g/mol. The minimum atomic E-state index is -5.36. The number of nitrogens with two attached hydrogens (primary N) is 1. The van der Waals surface area contributed by atoms with Gasteiger partial charge in [0, 0.05) is 11.8 Å². The Balaban J connectivity index is 1.14. The molecule has 0 amide bonds. The van der Waals surface area contributed by atoms with Gasteiger partial charge in [0.25, 0.3) is 5.34 Å². The number of nitrogens with zero attached hydrogens (tertiary/aromatic N) is 4. The number of aromatic nitrogens is 4. The number of ether oxygens (including phenoxy) is 5. The molecule has 4 fully saturated rings. The number of benzene rings is 1. The fraction of sp³-hybridized carbons (Fsp3) is 0.621. The predicted octanol–water partition coefficient (Wildman–Crippen LogP) is -1.31. The Kier molecular flexibility index (Phi) is 8.31. The second-order valence-corrected chi connectivity index (χ2v) is 17.7. The summed E-state index contributed by atoms with van der Waals surface area (Å²) in [6, 6.07) is 5.04. The molecule has 20 nitrogen and oxygen atoms in total. The summed E-state index contributed by atoms with van der Waals surface area (Å²) in [6.07, 6.45) is -9.46. The Morgan fingerprint density at radius 2 is 1.63 bits per heavy atom. The van der Waals surface area contributed by atoms with E-state index in [-0.39, 0.29) is 28.9 Å². The topological polar surface area (TPSA) is 312 Å². The highest BCUT2D eigenvalue weighted by atomic mass is 31.2. The van der Waals surface area contributed by atoms with Gasteiger partial charge in [-0.25, -0.2) is 15.0 Å². The minimum Gasteiger partial charge on any atom is -0.390 e. The van der Waals surface area contributed by atoms with E-state index in [0.29, 0.717) is 5.56 Å². The van der Waals surface area contributed by atoms with Crippen molar-refractivity contribution in [2.24, 2.45) is 5.41 Å². The second-order valence-electron chi connectivity index (χ2n) is 14.3. The molecule has 3 aromatic rings. The van der Waals surface area contributed by atoms with E-state index < -0.39 is 92.4 Å². The van der Waals surface area contributed by atoms with Crippen molar-refractivity contribution in [3.05, 3.63) is 42.5 Å².